The summed E-state index contributed by atoms with van der Waals surface area (Å²) in [7, 11) is 0. The van der Waals surface area contributed by atoms with Crippen LogP contribution in [0.1, 0.15) is 18.4 Å². The van der Waals surface area contributed by atoms with E-state index in [-0.39, 0.29) is 12.0 Å². The van der Waals surface area contributed by atoms with Crippen LogP contribution < -0.4 is 10.6 Å². The predicted molar refractivity (Wildman–Crippen MR) is 109 cm³/mol. The van der Waals surface area contributed by atoms with Crippen LogP contribution in [0.3, 0.4) is 0 Å². The molecular formula is C21H20ClN3O2. The van der Waals surface area contributed by atoms with Gasteiger partial charge in [0.15, 0.2) is 0 Å². The molecule has 0 bridgehead atoms. The topological polar surface area (TPSA) is 63.2 Å². The Morgan fingerprint density at radius 3 is 2.85 bits per heavy atom. The average Bonchev–Trinajstić information content (AvgIpc) is 3.17. The molecule has 1 atom stereocenters. The van der Waals surface area contributed by atoms with Crippen LogP contribution in [-0.2, 0) is 9.53 Å². The lowest BCUT2D eigenvalue weighted by atomic mass is 10.1. The fourth-order valence-electron chi connectivity index (χ4n) is 3.26. The van der Waals surface area contributed by atoms with Crippen LogP contribution in [0, 0.1) is 6.92 Å². The van der Waals surface area contributed by atoms with Crippen molar-refractivity contribution in [1.82, 2.24) is 4.98 Å². The van der Waals surface area contributed by atoms with Gasteiger partial charge in [0.2, 0.25) is 0 Å². The van der Waals surface area contributed by atoms with E-state index in [4.69, 9.17) is 16.3 Å². The second-order valence-electron chi connectivity index (χ2n) is 6.68. The molecule has 4 rings (SSSR count). The van der Waals surface area contributed by atoms with E-state index in [1.54, 1.807) is 0 Å². The minimum atomic E-state index is -0.343. The molecule has 2 N–H and O–H groups in total. The molecular weight excluding hydrogens is 362 g/mol. The zero-order valence-electron chi connectivity index (χ0n) is 15.0. The summed E-state index contributed by atoms with van der Waals surface area (Å²) in [6, 6.07) is 15.2. The van der Waals surface area contributed by atoms with Crippen LogP contribution in [0.15, 0.2) is 48.5 Å². The van der Waals surface area contributed by atoms with Crippen molar-refractivity contribution in [1.29, 1.82) is 0 Å². The van der Waals surface area contributed by atoms with Gasteiger partial charge in [-0.3, -0.25) is 4.79 Å². The number of carbonyl (C=O) groups is 1. The molecule has 6 heteroatoms. The number of aromatic nitrogens is 1. The number of hydrogen-bond donors (Lipinski definition) is 2. The highest BCUT2D eigenvalue weighted by molar-refractivity contribution is 6.30. The zero-order valence-corrected chi connectivity index (χ0v) is 15.7. The highest BCUT2D eigenvalue weighted by Crippen LogP contribution is 2.26. The number of halogens is 1. The molecule has 27 heavy (non-hydrogen) atoms. The third kappa shape index (κ3) is 4.04. The number of aryl methyl sites for hydroxylation is 1. The highest BCUT2D eigenvalue weighted by atomic mass is 35.5. The fourth-order valence-corrected chi connectivity index (χ4v) is 3.45. The van der Waals surface area contributed by atoms with Crippen LogP contribution in [0.4, 0.5) is 17.2 Å². The summed E-state index contributed by atoms with van der Waals surface area (Å²) in [6.07, 6.45) is 1.36. The van der Waals surface area contributed by atoms with Crippen molar-refractivity contribution < 1.29 is 9.53 Å². The number of benzene rings is 2. The normalized spacial score (nSPS) is 16.4. The molecule has 3 aromatic rings. The van der Waals surface area contributed by atoms with Crippen molar-refractivity contribution in [3.63, 3.8) is 0 Å². The van der Waals surface area contributed by atoms with Crippen LogP contribution in [0.25, 0.3) is 10.9 Å². The van der Waals surface area contributed by atoms with Crippen LogP contribution in [0.2, 0.25) is 5.02 Å². The number of pyridine rings is 1. The Kier molecular flexibility index (Phi) is 4.97. The summed E-state index contributed by atoms with van der Waals surface area (Å²) in [5.74, 6) is 0.662. The molecule has 1 aliphatic heterocycles. The lowest BCUT2D eigenvalue weighted by Gasteiger charge is -2.13. The quantitative estimate of drug-likeness (QED) is 0.663. The van der Waals surface area contributed by atoms with E-state index in [2.05, 4.69) is 15.6 Å². The van der Waals surface area contributed by atoms with Gasteiger partial charge in [-0.25, -0.2) is 4.98 Å². The van der Waals surface area contributed by atoms with Crippen molar-refractivity contribution in [2.24, 2.45) is 0 Å². The van der Waals surface area contributed by atoms with Crippen molar-refractivity contribution in [2.75, 3.05) is 17.2 Å². The minimum Gasteiger partial charge on any atom is -0.368 e. The Hall–Kier alpha value is -2.63. The first-order chi connectivity index (χ1) is 13.1. The largest absolute Gasteiger partial charge is 0.368 e. The molecule has 138 valence electrons. The maximum Gasteiger partial charge on any atom is 0.253 e. The molecule has 0 aliphatic carbocycles. The number of carbonyl (C=O) groups excluding carboxylic acids is 1. The summed E-state index contributed by atoms with van der Waals surface area (Å²) >= 11 is 6.04. The maximum atomic E-state index is 12.2. The van der Waals surface area contributed by atoms with Crippen LogP contribution in [-0.4, -0.2) is 23.6 Å². The number of ether oxygens (including phenoxy) is 1. The lowest BCUT2D eigenvalue weighted by molar-refractivity contribution is -0.124. The first kappa shape index (κ1) is 17.8. The van der Waals surface area contributed by atoms with Crippen molar-refractivity contribution in [3.05, 3.63) is 59.1 Å². The monoisotopic (exact) mass is 381 g/mol. The van der Waals surface area contributed by atoms with E-state index in [9.17, 15) is 4.79 Å². The molecule has 1 amide bonds. The smallest absolute Gasteiger partial charge is 0.253 e. The highest BCUT2D eigenvalue weighted by Gasteiger charge is 2.23. The molecule has 1 saturated heterocycles. The first-order valence-electron chi connectivity index (χ1n) is 8.95. The minimum absolute atomic E-state index is 0.0864. The Bertz CT molecular complexity index is 1000. The number of rotatable bonds is 4. The van der Waals surface area contributed by atoms with E-state index in [0.717, 1.165) is 46.5 Å². The first-order valence-corrected chi connectivity index (χ1v) is 9.33. The number of anilines is 3. The third-order valence-corrected chi connectivity index (χ3v) is 4.84. The molecule has 0 spiro atoms. The number of nitrogens with one attached hydrogen (secondary N) is 2. The van der Waals surface area contributed by atoms with Gasteiger partial charge in [0, 0.05) is 28.4 Å². The zero-order chi connectivity index (χ0) is 18.8. The molecule has 1 fully saturated rings. The summed E-state index contributed by atoms with van der Waals surface area (Å²) in [4.78, 5) is 16.9. The molecule has 5 nitrogen and oxygen atoms in total. The van der Waals surface area contributed by atoms with Gasteiger partial charge >= 0.3 is 0 Å². The van der Waals surface area contributed by atoms with Crippen molar-refractivity contribution >= 4 is 45.6 Å². The number of hydrogen-bond acceptors (Lipinski definition) is 4. The molecule has 2 aromatic carbocycles. The Labute approximate surface area is 162 Å². The predicted octanol–water partition coefficient (Wildman–Crippen LogP) is 5.06. The standard InChI is InChI=1S/C21H20ClN3O2/c1-13-10-20(23-15-5-2-4-14(22)11-15)25-18-8-7-16(12-17(13)18)24-21(26)19-6-3-9-27-19/h2,4-5,7-8,10-12,19H,3,6,9H2,1H3,(H,23,25)(H,24,26)/t19-/m1/s1. The molecule has 1 aromatic heterocycles. The Balaban J connectivity index is 1.57. The van der Waals surface area contributed by atoms with Crippen LogP contribution in [0.5, 0.6) is 0 Å². The SMILES string of the molecule is Cc1cc(Nc2cccc(Cl)c2)nc2ccc(NC(=O)[C@H]3CCCO3)cc12. The van der Waals surface area contributed by atoms with Crippen LogP contribution >= 0.6 is 11.6 Å². The summed E-state index contributed by atoms with van der Waals surface area (Å²) < 4.78 is 5.44. The molecule has 1 aliphatic rings. The van der Waals surface area contributed by atoms with Gasteiger partial charge in [0.1, 0.15) is 11.9 Å². The molecule has 0 radical (unpaired) electrons. The maximum absolute atomic E-state index is 12.2. The molecule has 2 heterocycles. The number of fused-ring (bicyclic) bond motifs is 1. The average molecular weight is 382 g/mol. The van der Waals surface area contributed by atoms with Gasteiger partial charge in [0.05, 0.1) is 5.52 Å². The number of nitrogens with zero attached hydrogens (tertiary/aromatic N) is 1. The second-order valence-corrected chi connectivity index (χ2v) is 7.12. The van der Waals surface area contributed by atoms with E-state index in [1.165, 1.54) is 0 Å². The van der Waals surface area contributed by atoms with Gasteiger partial charge in [-0.1, -0.05) is 17.7 Å². The summed E-state index contributed by atoms with van der Waals surface area (Å²) in [6.45, 7) is 2.68. The van der Waals surface area contributed by atoms with Gasteiger partial charge in [-0.05, 0) is 67.8 Å². The van der Waals surface area contributed by atoms with Crippen molar-refractivity contribution in [3.8, 4) is 0 Å². The lowest BCUT2D eigenvalue weighted by Crippen LogP contribution is -2.26. The summed E-state index contributed by atoms with van der Waals surface area (Å²) in [5.41, 5.74) is 3.56. The fraction of sp³-hybridized carbons (Fsp3) is 0.238. The molecule has 0 unspecified atom stereocenters. The molecule has 0 saturated carbocycles. The van der Waals surface area contributed by atoms with E-state index < -0.39 is 0 Å². The summed E-state index contributed by atoms with van der Waals surface area (Å²) in [5, 5.41) is 7.89. The Morgan fingerprint density at radius 1 is 1.19 bits per heavy atom. The number of amides is 1. The van der Waals surface area contributed by atoms with Gasteiger partial charge in [-0.15, -0.1) is 0 Å². The van der Waals surface area contributed by atoms with E-state index >= 15 is 0 Å². The van der Waals surface area contributed by atoms with Gasteiger partial charge < -0.3 is 15.4 Å². The Morgan fingerprint density at radius 2 is 2.07 bits per heavy atom. The van der Waals surface area contributed by atoms with E-state index in [0.29, 0.717) is 11.6 Å². The van der Waals surface area contributed by atoms with Gasteiger partial charge in [-0.2, -0.15) is 0 Å². The van der Waals surface area contributed by atoms with E-state index in [1.807, 2.05) is 55.5 Å². The second kappa shape index (κ2) is 7.55. The third-order valence-electron chi connectivity index (χ3n) is 4.60. The van der Waals surface area contributed by atoms with Crippen molar-refractivity contribution in [2.45, 2.75) is 25.9 Å². The van der Waals surface area contributed by atoms with Gasteiger partial charge in [0.25, 0.3) is 5.91 Å².